The summed E-state index contributed by atoms with van der Waals surface area (Å²) in [4.78, 5) is 17.2. The van der Waals surface area contributed by atoms with E-state index in [0.717, 1.165) is 16.8 Å². The van der Waals surface area contributed by atoms with E-state index in [1.807, 2.05) is 42.0 Å². The molecule has 1 aromatic heterocycles. The van der Waals surface area contributed by atoms with Crippen molar-refractivity contribution >= 4 is 21.6 Å². The van der Waals surface area contributed by atoms with Crippen LogP contribution in [0.3, 0.4) is 0 Å². The van der Waals surface area contributed by atoms with Gasteiger partial charge in [-0.25, -0.2) is 13.4 Å². The van der Waals surface area contributed by atoms with Crippen LogP contribution in [-0.2, 0) is 21.4 Å². The van der Waals surface area contributed by atoms with Crippen LogP contribution < -0.4 is 14.4 Å². The minimum absolute atomic E-state index is 0.126. The maximum atomic E-state index is 13.5. The number of para-hydroxylation sites is 2. The number of rotatable bonds is 6. The quantitative estimate of drug-likeness (QED) is 0.449. The number of sulfonamides is 1. The normalized spacial score (nSPS) is 15.2. The second-order valence-corrected chi connectivity index (χ2v) is 10.1. The molecule has 1 amide bonds. The zero-order chi connectivity index (χ0) is 24.4. The summed E-state index contributed by atoms with van der Waals surface area (Å²) in [5.41, 5.74) is 3.23. The van der Waals surface area contributed by atoms with Crippen molar-refractivity contribution in [3.05, 3.63) is 103 Å². The van der Waals surface area contributed by atoms with Gasteiger partial charge in [0.05, 0.1) is 23.5 Å². The van der Waals surface area contributed by atoms with Gasteiger partial charge >= 0.3 is 0 Å². The molecule has 0 saturated carbocycles. The summed E-state index contributed by atoms with van der Waals surface area (Å²) in [5.74, 6) is -0.0402. The molecule has 1 aliphatic rings. The Balaban J connectivity index is 1.33. The van der Waals surface area contributed by atoms with Crippen LogP contribution in [0, 0.1) is 6.92 Å². The summed E-state index contributed by atoms with van der Waals surface area (Å²) in [6.07, 6.45) is 4.28. The topological polar surface area (TPSA) is 93.5 Å². The van der Waals surface area contributed by atoms with Gasteiger partial charge in [0.2, 0.25) is 0 Å². The molecule has 0 radical (unpaired) electrons. The highest BCUT2D eigenvalue weighted by molar-refractivity contribution is 7.92. The van der Waals surface area contributed by atoms with E-state index in [0.29, 0.717) is 11.4 Å². The SMILES string of the molecule is Cc1ccc(S(=O)(=O)N2CC(C(=O)NCc3ccc(-n4ccnc4)cc3)Oc3ccccc32)cc1. The molecule has 0 spiro atoms. The zero-order valence-corrected chi connectivity index (χ0v) is 19.9. The van der Waals surface area contributed by atoms with Crippen LogP contribution in [0.1, 0.15) is 11.1 Å². The van der Waals surface area contributed by atoms with Crippen molar-refractivity contribution in [2.45, 2.75) is 24.5 Å². The van der Waals surface area contributed by atoms with E-state index in [4.69, 9.17) is 4.74 Å². The van der Waals surface area contributed by atoms with Crippen molar-refractivity contribution < 1.29 is 17.9 Å². The second kappa shape index (κ2) is 9.27. The first kappa shape index (κ1) is 22.7. The Kier molecular flexibility index (Phi) is 6.00. The number of fused-ring (bicyclic) bond motifs is 1. The van der Waals surface area contributed by atoms with E-state index in [1.54, 1.807) is 61.1 Å². The van der Waals surface area contributed by atoms with E-state index < -0.39 is 16.1 Å². The van der Waals surface area contributed by atoms with Gasteiger partial charge < -0.3 is 14.6 Å². The number of benzene rings is 3. The highest BCUT2D eigenvalue weighted by atomic mass is 32.2. The molecule has 35 heavy (non-hydrogen) atoms. The summed E-state index contributed by atoms with van der Waals surface area (Å²) < 4.78 is 36.0. The van der Waals surface area contributed by atoms with Crippen LogP contribution in [0.2, 0.25) is 0 Å². The number of nitrogens with zero attached hydrogens (tertiary/aromatic N) is 3. The molecule has 0 fully saturated rings. The van der Waals surface area contributed by atoms with Crippen LogP contribution in [0.25, 0.3) is 5.69 Å². The molecule has 8 nitrogen and oxygen atoms in total. The highest BCUT2D eigenvalue weighted by Gasteiger charge is 2.37. The van der Waals surface area contributed by atoms with E-state index >= 15 is 0 Å². The molecule has 0 aliphatic carbocycles. The van der Waals surface area contributed by atoms with Gasteiger partial charge in [-0.1, -0.05) is 42.0 Å². The third-order valence-corrected chi connectivity index (χ3v) is 7.64. The largest absolute Gasteiger partial charge is 0.476 e. The number of nitrogens with one attached hydrogen (secondary N) is 1. The zero-order valence-electron chi connectivity index (χ0n) is 19.0. The predicted octanol–water partition coefficient (Wildman–Crippen LogP) is 3.45. The molecule has 4 aromatic rings. The Morgan fingerprint density at radius 1 is 1.06 bits per heavy atom. The molecule has 5 rings (SSSR count). The van der Waals surface area contributed by atoms with Crippen molar-refractivity contribution in [1.29, 1.82) is 0 Å². The van der Waals surface area contributed by atoms with Gasteiger partial charge in [0.15, 0.2) is 6.10 Å². The minimum atomic E-state index is -3.89. The summed E-state index contributed by atoms with van der Waals surface area (Å²) in [6.45, 7) is 2.06. The Labute approximate surface area is 203 Å². The van der Waals surface area contributed by atoms with E-state index in [-0.39, 0.29) is 23.9 Å². The number of aryl methyl sites for hydroxylation is 1. The van der Waals surface area contributed by atoms with Crippen molar-refractivity contribution in [2.75, 3.05) is 10.8 Å². The van der Waals surface area contributed by atoms with Gasteiger partial charge in [-0.15, -0.1) is 0 Å². The van der Waals surface area contributed by atoms with Gasteiger partial charge in [0, 0.05) is 24.6 Å². The Hall–Kier alpha value is -4.11. The van der Waals surface area contributed by atoms with Gasteiger partial charge in [-0.3, -0.25) is 9.10 Å². The van der Waals surface area contributed by atoms with Crippen molar-refractivity contribution in [3.63, 3.8) is 0 Å². The van der Waals surface area contributed by atoms with Crippen LogP contribution in [0.5, 0.6) is 5.75 Å². The average molecular weight is 489 g/mol. The molecular formula is C26H24N4O4S. The van der Waals surface area contributed by atoms with E-state index in [1.165, 1.54) is 4.31 Å². The molecule has 2 heterocycles. The summed E-state index contributed by atoms with van der Waals surface area (Å²) in [5, 5.41) is 2.87. The smallest absolute Gasteiger partial charge is 0.264 e. The van der Waals surface area contributed by atoms with E-state index in [9.17, 15) is 13.2 Å². The number of anilines is 1. The first-order valence-corrected chi connectivity index (χ1v) is 12.6. The molecule has 1 atom stereocenters. The van der Waals surface area contributed by atoms with E-state index in [2.05, 4.69) is 10.3 Å². The number of hydrogen-bond donors (Lipinski definition) is 1. The van der Waals surface area contributed by atoms with Gasteiger partial charge in [0.25, 0.3) is 15.9 Å². The molecule has 0 saturated heterocycles. The molecular weight excluding hydrogens is 464 g/mol. The summed E-state index contributed by atoms with van der Waals surface area (Å²) in [6, 6.07) is 21.2. The number of carbonyl (C=O) groups is 1. The van der Waals surface area contributed by atoms with Crippen LogP contribution >= 0.6 is 0 Å². The molecule has 1 aliphatic heterocycles. The van der Waals surface area contributed by atoms with Gasteiger partial charge in [0.1, 0.15) is 5.75 Å². The number of aromatic nitrogens is 2. The number of ether oxygens (including phenoxy) is 1. The van der Waals surface area contributed by atoms with Gasteiger partial charge in [-0.2, -0.15) is 0 Å². The first-order chi connectivity index (χ1) is 16.9. The molecule has 178 valence electrons. The first-order valence-electron chi connectivity index (χ1n) is 11.1. The molecule has 9 heteroatoms. The number of imidazole rings is 1. The predicted molar refractivity (Wildman–Crippen MR) is 132 cm³/mol. The average Bonchev–Trinajstić information content (AvgIpc) is 3.42. The van der Waals surface area contributed by atoms with Crippen LogP contribution in [-0.4, -0.2) is 36.5 Å². The molecule has 1 N–H and O–H groups in total. The lowest BCUT2D eigenvalue weighted by atomic mass is 10.2. The fourth-order valence-electron chi connectivity index (χ4n) is 3.90. The monoisotopic (exact) mass is 488 g/mol. The Bertz CT molecular complexity index is 1430. The standard InChI is InChI=1S/C26H24N4O4S/c1-19-6-12-22(13-7-19)35(32,33)30-17-25(34-24-5-3-2-4-23(24)30)26(31)28-16-20-8-10-21(11-9-20)29-15-14-27-18-29/h2-15,18,25H,16-17H2,1H3,(H,28,31). The molecule has 0 bridgehead atoms. The fraction of sp³-hybridized carbons (Fsp3) is 0.154. The molecule has 3 aromatic carbocycles. The van der Waals surface area contributed by atoms with Crippen LogP contribution in [0.15, 0.2) is 96.4 Å². The van der Waals surface area contributed by atoms with Crippen molar-refractivity contribution in [1.82, 2.24) is 14.9 Å². The molecule has 1 unspecified atom stereocenters. The van der Waals surface area contributed by atoms with Crippen LogP contribution in [0.4, 0.5) is 5.69 Å². The minimum Gasteiger partial charge on any atom is -0.476 e. The second-order valence-electron chi connectivity index (χ2n) is 8.28. The summed E-state index contributed by atoms with van der Waals surface area (Å²) in [7, 11) is -3.89. The summed E-state index contributed by atoms with van der Waals surface area (Å²) >= 11 is 0. The fourth-order valence-corrected chi connectivity index (χ4v) is 5.38. The van der Waals surface area contributed by atoms with Gasteiger partial charge in [-0.05, 0) is 48.9 Å². The lowest BCUT2D eigenvalue weighted by Crippen LogP contribution is -2.50. The van der Waals surface area contributed by atoms with Crippen molar-refractivity contribution in [3.8, 4) is 11.4 Å². The Morgan fingerprint density at radius 2 is 1.80 bits per heavy atom. The third-order valence-electron chi connectivity index (χ3n) is 5.84. The number of carbonyl (C=O) groups excluding carboxylic acids is 1. The third kappa shape index (κ3) is 4.63. The lowest BCUT2D eigenvalue weighted by Gasteiger charge is -2.34. The maximum absolute atomic E-state index is 13.5. The maximum Gasteiger partial charge on any atom is 0.264 e. The lowest BCUT2D eigenvalue weighted by molar-refractivity contribution is -0.127. The number of hydrogen-bond acceptors (Lipinski definition) is 5. The Morgan fingerprint density at radius 3 is 2.51 bits per heavy atom. The van der Waals surface area contributed by atoms with Crippen molar-refractivity contribution in [2.24, 2.45) is 0 Å². The highest BCUT2D eigenvalue weighted by Crippen LogP contribution is 2.36. The number of amides is 1.